The molecule has 0 aliphatic heterocycles. The first-order valence-corrected chi connectivity index (χ1v) is 6.99. The maximum absolute atomic E-state index is 5.43. The molecule has 0 amide bonds. The number of ether oxygens (including phenoxy) is 1. The summed E-state index contributed by atoms with van der Waals surface area (Å²) in [6.07, 6.45) is 2.70. The Labute approximate surface area is 111 Å². The van der Waals surface area contributed by atoms with Gasteiger partial charge in [-0.1, -0.05) is 26.0 Å². The number of aryl methyl sites for hydroxylation is 1. The van der Waals surface area contributed by atoms with E-state index in [-0.39, 0.29) is 0 Å². The van der Waals surface area contributed by atoms with E-state index in [1.54, 1.807) is 7.11 Å². The highest BCUT2D eigenvalue weighted by Crippen LogP contribution is 2.30. The van der Waals surface area contributed by atoms with Crippen LogP contribution in [-0.2, 0) is 0 Å². The minimum absolute atomic E-state index is 0.570. The second-order valence-corrected chi connectivity index (χ2v) is 5.76. The molecule has 0 spiro atoms. The van der Waals surface area contributed by atoms with Crippen molar-refractivity contribution in [3.05, 3.63) is 29.3 Å². The van der Waals surface area contributed by atoms with E-state index in [1.165, 1.54) is 24.0 Å². The molecule has 0 radical (unpaired) electrons. The molecule has 1 saturated carbocycles. The molecule has 1 fully saturated rings. The third-order valence-corrected chi connectivity index (χ3v) is 3.87. The van der Waals surface area contributed by atoms with E-state index in [2.05, 4.69) is 44.3 Å². The van der Waals surface area contributed by atoms with Crippen LogP contribution in [0.25, 0.3) is 0 Å². The molecule has 2 rings (SSSR count). The number of methoxy groups -OCH3 is 1. The molecule has 1 unspecified atom stereocenters. The van der Waals surface area contributed by atoms with Gasteiger partial charge in [0.15, 0.2) is 0 Å². The molecule has 1 N–H and O–H groups in total. The Bertz CT molecular complexity index is 396. The molecule has 1 aliphatic rings. The lowest BCUT2D eigenvalue weighted by molar-refractivity contribution is 0.407. The van der Waals surface area contributed by atoms with Crippen LogP contribution in [0.2, 0.25) is 0 Å². The van der Waals surface area contributed by atoms with Gasteiger partial charge in [0.05, 0.1) is 7.11 Å². The van der Waals surface area contributed by atoms with E-state index in [4.69, 9.17) is 4.74 Å². The highest BCUT2D eigenvalue weighted by Gasteiger charge is 2.24. The first kappa shape index (κ1) is 13.4. The van der Waals surface area contributed by atoms with E-state index < -0.39 is 0 Å². The molecule has 0 saturated heterocycles. The van der Waals surface area contributed by atoms with E-state index in [0.29, 0.717) is 11.8 Å². The number of nitrogens with one attached hydrogen (secondary N) is 1. The van der Waals surface area contributed by atoms with Crippen LogP contribution in [0.4, 0.5) is 0 Å². The molecule has 100 valence electrons. The first-order chi connectivity index (χ1) is 8.61. The molecule has 2 heteroatoms. The molecule has 2 nitrogen and oxygen atoms in total. The summed E-state index contributed by atoms with van der Waals surface area (Å²) in [7, 11) is 1.75. The third kappa shape index (κ3) is 3.26. The maximum Gasteiger partial charge on any atom is 0.122 e. The van der Waals surface area contributed by atoms with Gasteiger partial charge < -0.3 is 10.1 Å². The fraction of sp³-hybridized carbons (Fsp3) is 0.625. The minimum Gasteiger partial charge on any atom is -0.496 e. The van der Waals surface area contributed by atoms with Gasteiger partial charge in [0.25, 0.3) is 0 Å². The van der Waals surface area contributed by atoms with Gasteiger partial charge in [-0.3, -0.25) is 0 Å². The van der Waals surface area contributed by atoms with Crippen LogP contribution in [0.1, 0.15) is 43.7 Å². The molecular weight excluding hydrogens is 222 g/mol. The Morgan fingerprint density at radius 2 is 2.06 bits per heavy atom. The molecule has 0 bridgehead atoms. The summed E-state index contributed by atoms with van der Waals surface area (Å²) in [5.74, 6) is 2.22. The average molecular weight is 247 g/mol. The van der Waals surface area contributed by atoms with Crippen LogP contribution >= 0.6 is 0 Å². The SMILES string of the molecule is COc1cc(C(CNC2CC2)C(C)C)ccc1C. The van der Waals surface area contributed by atoms with Crippen LogP contribution in [0, 0.1) is 12.8 Å². The minimum atomic E-state index is 0.570. The van der Waals surface area contributed by atoms with Gasteiger partial charge in [-0.25, -0.2) is 0 Å². The Balaban J connectivity index is 2.12. The second-order valence-electron chi connectivity index (χ2n) is 5.76. The summed E-state index contributed by atoms with van der Waals surface area (Å²) >= 11 is 0. The molecule has 1 aliphatic carbocycles. The van der Waals surface area contributed by atoms with Crippen molar-refractivity contribution in [3.63, 3.8) is 0 Å². The molecule has 0 heterocycles. The van der Waals surface area contributed by atoms with Crippen molar-refractivity contribution >= 4 is 0 Å². The molecule has 1 aromatic carbocycles. The maximum atomic E-state index is 5.43. The summed E-state index contributed by atoms with van der Waals surface area (Å²) in [4.78, 5) is 0. The van der Waals surface area contributed by atoms with Gasteiger partial charge in [0.2, 0.25) is 0 Å². The van der Waals surface area contributed by atoms with Crippen molar-refractivity contribution in [2.45, 2.75) is 45.6 Å². The third-order valence-electron chi connectivity index (χ3n) is 3.87. The zero-order valence-corrected chi connectivity index (χ0v) is 12.0. The molecule has 0 aromatic heterocycles. The van der Waals surface area contributed by atoms with Crippen LogP contribution in [-0.4, -0.2) is 19.7 Å². The zero-order chi connectivity index (χ0) is 13.1. The Morgan fingerprint density at radius 1 is 1.33 bits per heavy atom. The molecule has 18 heavy (non-hydrogen) atoms. The summed E-state index contributed by atoms with van der Waals surface area (Å²) < 4.78 is 5.43. The normalized spacial score (nSPS) is 16.9. The molecule has 1 atom stereocenters. The Morgan fingerprint density at radius 3 is 2.61 bits per heavy atom. The molecular formula is C16H25NO. The van der Waals surface area contributed by atoms with Gasteiger partial charge >= 0.3 is 0 Å². The van der Waals surface area contributed by atoms with Crippen molar-refractivity contribution in [1.29, 1.82) is 0 Å². The smallest absolute Gasteiger partial charge is 0.122 e. The predicted molar refractivity (Wildman–Crippen MR) is 76.3 cm³/mol. The van der Waals surface area contributed by atoms with Crippen molar-refractivity contribution in [3.8, 4) is 5.75 Å². The van der Waals surface area contributed by atoms with Crippen LogP contribution < -0.4 is 10.1 Å². The van der Waals surface area contributed by atoms with Crippen molar-refractivity contribution in [2.24, 2.45) is 5.92 Å². The van der Waals surface area contributed by atoms with Crippen LogP contribution in [0.15, 0.2) is 18.2 Å². The summed E-state index contributed by atoms with van der Waals surface area (Å²) in [5, 5.41) is 3.65. The monoisotopic (exact) mass is 247 g/mol. The van der Waals surface area contributed by atoms with Gasteiger partial charge in [0, 0.05) is 12.6 Å². The van der Waals surface area contributed by atoms with Gasteiger partial charge in [-0.2, -0.15) is 0 Å². The lowest BCUT2D eigenvalue weighted by atomic mass is 9.87. The summed E-state index contributed by atoms with van der Waals surface area (Å²) in [5.41, 5.74) is 2.60. The van der Waals surface area contributed by atoms with E-state index >= 15 is 0 Å². The zero-order valence-electron chi connectivity index (χ0n) is 12.0. The predicted octanol–water partition coefficient (Wildman–Crippen LogP) is 3.50. The lowest BCUT2D eigenvalue weighted by Crippen LogP contribution is -2.26. The van der Waals surface area contributed by atoms with Gasteiger partial charge in [0.1, 0.15) is 5.75 Å². The fourth-order valence-electron chi connectivity index (χ4n) is 2.39. The summed E-state index contributed by atoms with van der Waals surface area (Å²) in [6, 6.07) is 7.39. The highest BCUT2D eigenvalue weighted by atomic mass is 16.5. The number of rotatable bonds is 6. The average Bonchev–Trinajstić information content (AvgIpc) is 3.15. The van der Waals surface area contributed by atoms with Crippen molar-refractivity contribution < 1.29 is 4.74 Å². The molecule has 1 aromatic rings. The topological polar surface area (TPSA) is 21.3 Å². The second kappa shape index (κ2) is 5.75. The largest absolute Gasteiger partial charge is 0.496 e. The number of hydrogen-bond donors (Lipinski definition) is 1. The van der Waals surface area contributed by atoms with E-state index in [1.807, 2.05) is 0 Å². The van der Waals surface area contributed by atoms with Gasteiger partial charge in [-0.05, 0) is 48.8 Å². The van der Waals surface area contributed by atoms with Crippen molar-refractivity contribution in [2.75, 3.05) is 13.7 Å². The quantitative estimate of drug-likeness (QED) is 0.830. The Kier molecular flexibility index (Phi) is 4.28. The van der Waals surface area contributed by atoms with Gasteiger partial charge in [-0.15, -0.1) is 0 Å². The van der Waals surface area contributed by atoms with E-state index in [9.17, 15) is 0 Å². The highest BCUT2D eigenvalue weighted by molar-refractivity contribution is 5.38. The fourth-order valence-corrected chi connectivity index (χ4v) is 2.39. The van der Waals surface area contributed by atoms with Crippen LogP contribution in [0.3, 0.4) is 0 Å². The lowest BCUT2D eigenvalue weighted by Gasteiger charge is -2.23. The first-order valence-electron chi connectivity index (χ1n) is 6.99. The number of benzene rings is 1. The summed E-state index contributed by atoms with van der Waals surface area (Å²) in [6.45, 7) is 7.77. The number of hydrogen-bond acceptors (Lipinski definition) is 2. The van der Waals surface area contributed by atoms with E-state index in [0.717, 1.165) is 18.3 Å². The van der Waals surface area contributed by atoms with Crippen molar-refractivity contribution in [1.82, 2.24) is 5.32 Å². The standard InChI is InChI=1S/C16H25NO/c1-11(2)15(10-17-14-7-8-14)13-6-5-12(3)16(9-13)18-4/h5-6,9,11,14-15,17H,7-8,10H2,1-4H3. The van der Waals surface area contributed by atoms with Crippen LogP contribution in [0.5, 0.6) is 5.75 Å². The Hall–Kier alpha value is -1.02.